The smallest absolute Gasteiger partial charge is 0.179 e. The SMILES string of the molecule is Cc1ccccc1N(c1ccc([Si](c2ccccc2)(c2ccccc2)c2ccccc2)cc1)c1ccc2c(c1)C(C)(C)c1cc(/C=C/c3ccc4c(c3)C(C)(C)c3cc(/C=C/c5ccc6c(c5)C(C)(C)c5cc(N(c7ccc([Si](c8ccccc8)(c8ccccc8)c8ccccc8)cc7)c7ccccc7C)ccc5-6)ccc3-4)ccc1-2. The summed E-state index contributed by atoms with van der Waals surface area (Å²) in [6.45, 7) is 18.9. The molecule has 0 radical (unpaired) electrons. The lowest BCUT2D eigenvalue weighted by Gasteiger charge is -2.35. The summed E-state index contributed by atoms with van der Waals surface area (Å²) in [7, 11) is -5.45. The van der Waals surface area contributed by atoms with Crippen LogP contribution in [0.4, 0.5) is 34.1 Å². The average molecular weight is 1510 g/mol. The lowest BCUT2D eigenvalue weighted by molar-refractivity contribution is 0.660. The minimum Gasteiger partial charge on any atom is -0.310 e. The summed E-state index contributed by atoms with van der Waals surface area (Å²) in [5.74, 6) is 0. The molecule has 554 valence electrons. The van der Waals surface area contributed by atoms with E-state index >= 15 is 0 Å². The number of benzene rings is 16. The molecule has 0 aliphatic heterocycles. The third kappa shape index (κ3) is 12.2. The van der Waals surface area contributed by atoms with E-state index < -0.39 is 16.1 Å². The van der Waals surface area contributed by atoms with Gasteiger partial charge in [-0.3, -0.25) is 0 Å². The second kappa shape index (κ2) is 28.9. The second-order valence-electron chi connectivity index (χ2n) is 33.3. The van der Waals surface area contributed by atoms with Crippen molar-refractivity contribution in [1.29, 1.82) is 0 Å². The van der Waals surface area contributed by atoms with Crippen LogP contribution in [0.15, 0.2) is 388 Å². The molecule has 115 heavy (non-hydrogen) atoms. The number of hydrogen-bond donors (Lipinski definition) is 0. The molecule has 2 nitrogen and oxygen atoms in total. The Kier molecular flexibility index (Phi) is 18.2. The van der Waals surface area contributed by atoms with Crippen LogP contribution in [0.3, 0.4) is 0 Å². The maximum atomic E-state index is 2.47. The van der Waals surface area contributed by atoms with Gasteiger partial charge in [0.1, 0.15) is 0 Å². The van der Waals surface area contributed by atoms with Crippen LogP contribution in [0.5, 0.6) is 0 Å². The van der Waals surface area contributed by atoms with Gasteiger partial charge in [-0.1, -0.05) is 393 Å². The van der Waals surface area contributed by atoms with Crippen molar-refractivity contribution in [3.63, 3.8) is 0 Å². The van der Waals surface area contributed by atoms with E-state index in [0.29, 0.717) is 0 Å². The Morgan fingerprint density at radius 3 is 0.643 bits per heavy atom. The van der Waals surface area contributed by atoms with E-state index in [4.69, 9.17) is 0 Å². The summed E-state index contributed by atoms with van der Waals surface area (Å²) < 4.78 is 0. The summed E-state index contributed by atoms with van der Waals surface area (Å²) >= 11 is 0. The molecule has 3 aliphatic rings. The third-order valence-electron chi connectivity index (χ3n) is 25.6. The molecule has 0 unspecified atom stereocenters. The third-order valence-corrected chi connectivity index (χ3v) is 35.2. The minimum absolute atomic E-state index is 0.194. The maximum absolute atomic E-state index is 2.73. The van der Waals surface area contributed by atoms with E-state index in [2.05, 4.69) is 478 Å². The summed E-state index contributed by atoms with van der Waals surface area (Å²) in [6.07, 6.45) is 9.24. The molecule has 16 aromatic carbocycles. The molecular formula is C111H92N2Si2. The van der Waals surface area contributed by atoms with E-state index in [1.54, 1.807) is 0 Å². The lowest BCUT2D eigenvalue weighted by Crippen LogP contribution is -2.74. The second-order valence-corrected chi connectivity index (χ2v) is 40.9. The van der Waals surface area contributed by atoms with Gasteiger partial charge in [0, 0.05) is 50.4 Å². The Labute approximate surface area is 681 Å². The predicted octanol–water partition coefficient (Wildman–Crippen LogP) is 23.3. The summed E-state index contributed by atoms with van der Waals surface area (Å²) in [5, 5.41) is 10.9. The van der Waals surface area contributed by atoms with Gasteiger partial charge in [0.05, 0.1) is 0 Å². The van der Waals surface area contributed by atoms with E-state index in [-0.39, 0.29) is 16.2 Å². The highest BCUT2D eigenvalue weighted by atomic mass is 28.3. The van der Waals surface area contributed by atoms with Gasteiger partial charge in [0.15, 0.2) is 16.1 Å². The number of aryl methyl sites for hydroxylation is 2. The number of hydrogen-bond acceptors (Lipinski definition) is 2. The van der Waals surface area contributed by atoms with Crippen LogP contribution in [0.1, 0.15) is 108 Å². The lowest BCUT2D eigenvalue weighted by atomic mass is 9.81. The van der Waals surface area contributed by atoms with Crippen LogP contribution >= 0.6 is 0 Å². The Morgan fingerprint density at radius 2 is 0.400 bits per heavy atom. The summed E-state index contributed by atoms with van der Waals surface area (Å²) in [5.41, 5.74) is 29.4. The Hall–Kier alpha value is -13.0. The van der Waals surface area contributed by atoms with Crippen molar-refractivity contribution in [2.24, 2.45) is 0 Å². The molecule has 0 amide bonds. The zero-order valence-corrected chi connectivity index (χ0v) is 68.7. The molecule has 0 heterocycles. The minimum atomic E-state index is -2.73. The quantitative estimate of drug-likeness (QED) is 0.0480. The first kappa shape index (κ1) is 72.3. The van der Waals surface area contributed by atoms with Gasteiger partial charge in [-0.05, 0) is 216 Å². The number of rotatable bonds is 18. The van der Waals surface area contributed by atoms with Crippen LogP contribution in [0.25, 0.3) is 57.7 Å². The molecule has 0 N–H and O–H groups in total. The fraction of sp³-hybridized carbons (Fsp3) is 0.0991. The van der Waals surface area contributed by atoms with Gasteiger partial charge in [0.25, 0.3) is 0 Å². The van der Waals surface area contributed by atoms with Crippen molar-refractivity contribution in [3.05, 3.63) is 455 Å². The number of anilines is 6. The molecule has 0 saturated heterocycles. The largest absolute Gasteiger partial charge is 0.310 e. The molecule has 4 heteroatoms. The van der Waals surface area contributed by atoms with Crippen LogP contribution < -0.4 is 51.3 Å². The molecule has 16 aromatic rings. The van der Waals surface area contributed by atoms with Crippen molar-refractivity contribution < 1.29 is 0 Å². The van der Waals surface area contributed by atoms with Gasteiger partial charge in [-0.2, -0.15) is 0 Å². The molecule has 3 aliphatic carbocycles. The van der Waals surface area contributed by atoms with Gasteiger partial charge >= 0.3 is 0 Å². The van der Waals surface area contributed by atoms with Gasteiger partial charge < -0.3 is 9.80 Å². The van der Waals surface area contributed by atoms with E-state index in [9.17, 15) is 0 Å². The fourth-order valence-corrected chi connectivity index (χ4v) is 29.2. The predicted molar refractivity (Wildman–Crippen MR) is 496 cm³/mol. The molecule has 0 fully saturated rings. The van der Waals surface area contributed by atoms with Crippen LogP contribution in [0.2, 0.25) is 0 Å². The Balaban J connectivity index is 0.567. The Bertz CT molecular complexity index is 5840. The summed E-state index contributed by atoms with van der Waals surface area (Å²) in [4.78, 5) is 4.94. The van der Waals surface area contributed by atoms with Crippen molar-refractivity contribution in [1.82, 2.24) is 0 Å². The molecule has 0 atom stereocenters. The molecule has 19 rings (SSSR count). The van der Waals surface area contributed by atoms with Gasteiger partial charge in [-0.15, -0.1) is 0 Å². The normalized spacial score (nSPS) is 13.9. The van der Waals surface area contributed by atoms with Crippen LogP contribution in [-0.4, -0.2) is 16.1 Å². The monoisotopic (exact) mass is 1510 g/mol. The van der Waals surface area contributed by atoms with E-state index in [1.165, 1.54) is 153 Å². The first-order valence-corrected chi connectivity index (χ1v) is 44.6. The highest BCUT2D eigenvalue weighted by Crippen LogP contribution is 2.54. The molecule has 0 spiro atoms. The average Bonchev–Trinajstić information content (AvgIpc) is 0.963. The van der Waals surface area contributed by atoms with Crippen molar-refractivity contribution in [2.75, 3.05) is 9.80 Å². The topological polar surface area (TPSA) is 6.48 Å². The van der Waals surface area contributed by atoms with E-state index in [0.717, 1.165) is 22.7 Å². The zero-order chi connectivity index (χ0) is 78.2. The van der Waals surface area contributed by atoms with Crippen molar-refractivity contribution in [2.45, 2.75) is 71.6 Å². The number of fused-ring (bicyclic) bond motifs is 9. The van der Waals surface area contributed by atoms with Gasteiger partial charge in [-0.25, -0.2) is 0 Å². The van der Waals surface area contributed by atoms with Crippen LogP contribution in [0, 0.1) is 13.8 Å². The Morgan fingerprint density at radius 1 is 0.200 bits per heavy atom. The van der Waals surface area contributed by atoms with Gasteiger partial charge in [0.2, 0.25) is 0 Å². The highest BCUT2D eigenvalue weighted by molar-refractivity contribution is 7.20. The fourth-order valence-electron chi connectivity index (χ4n) is 19.7. The number of para-hydroxylation sites is 2. The first-order valence-electron chi connectivity index (χ1n) is 40.6. The van der Waals surface area contributed by atoms with Crippen molar-refractivity contribution >= 4 is 116 Å². The maximum Gasteiger partial charge on any atom is 0.179 e. The molecular weight excluding hydrogens is 1420 g/mol. The van der Waals surface area contributed by atoms with Crippen LogP contribution in [-0.2, 0) is 16.2 Å². The first-order chi connectivity index (χ1) is 56.1. The molecule has 0 aromatic heterocycles. The standard InChI is InChI=1S/C111H92N2Si2/c1-77-31-27-29-45-107(77)112(83-55-61-93(62-56-83)114(87-33-15-9-16-34-87,88-35-17-10-18-36-88)89-37-19-11-20-38-89)85-59-69-99-97-67-53-81(73-103(97)110(5,6)105(99)75-85)49-47-79-51-65-95-96-66-52-80(72-102(96)109(3,4)101(95)71-79)48-50-82-54-68-98-100-70-60-86(76-106(100)111(7,8)104(98)74-82)113(108-46-30-28-32-78(108)2)84-57-63-94(64-58-84)115(90-39-21-12-22-40-90,91-41-23-13-24-42-91)92-43-25-14-26-44-92/h9-76H,1-8H3/b49-47+,50-48+. The zero-order valence-electron chi connectivity index (χ0n) is 66.7. The number of nitrogens with zero attached hydrogens (tertiary/aromatic N) is 2. The summed E-state index contributed by atoms with van der Waals surface area (Å²) in [6, 6.07) is 147. The molecule has 0 bridgehead atoms. The van der Waals surface area contributed by atoms with E-state index in [1.807, 2.05) is 0 Å². The van der Waals surface area contributed by atoms with Crippen molar-refractivity contribution in [3.8, 4) is 33.4 Å². The highest BCUT2D eigenvalue weighted by Gasteiger charge is 2.45. The molecule has 0 saturated carbocycles.